The first-order valence-corrected chi connectivity index (χ1v) is 7.38. The van der Waals surface area contributed by atoms with Crippen LogP contribution in [0.15, 0.2) is 42.5 Å². The van der Waals surface area contributed by atoms with Gasteiger partial charge in [0.2, 0.25) is 0 Å². The zero-order chi connectivity index (χ0) is 13.9. The summed E-state index contributed by atoms with van der Waals surface area (Å²) in [5.74, 6) is -0.182. The molecule has 0 spiro atoms. The largest absolute Gasteiger partial charge is 0.361 e. The van der Waals surface area contributed by atoms with E-state index in [-0.39, 0.29) is 5.82 Å². The van der Waals surface area contributed by atoms with Crippen LogP contribution in [0, 0.1) is 12.7 Å². The maximum Gasteiger partial charge on any atom is 0.183 e. The van der Waals surface area contributed by atoms with Gasteiger partial charge in [-0.15, -0.1) is 0 Å². The van der Waals surface area contributed by atoms with Gasteiger partial charge >= 0.3 is 0 Å². The van der Waals surface area contributed by atoms with Gasteiger partial charge in [0.15, 0.2) is 5.13 Å². The van der Waals surface area contributed by atoms with Crippen molar-refractivity contribution < 1.29 is 4.39 Å². The maximum atomic E-state index is 13.1. The Morgan fingerprint density at radius 1 is 1.20 bits per heavy atom. The van der Waals surface area contributed by atoms with Crippen molar-refractivity contribution in [1.29, 1.82) is 0 Å². The highest BCUT2D eigenvalue weighted by Gasteiger charge is 2.03. The second kappa shape index (κ2) is 5.59. The number of aromatic nitrogens is 1. The molecular formula is C16H15FN2S. The molecule has 0 atom stereocenters. The lowest BCUT2D eigenvalue weighted by atomic mass is 10.1. The summed E-state index contributed by atoms with van der Waals surface area (Å²) in [5.41, 5.74) is 3.24. The number of nitrogens with one attached hydrogen (secondary N) is 1. The third-order valence-corrected chi connectivity index (χ3v) is 4.12. The Morgan fingerprint density at radius 2 is 2.10 bits per heavy atom. The van der Waals surface area contributed by atoms with Crippen molar-refractivity contribution in [3.63, 3.8) is 0 Å². The van der Waals surface area contributed by atoms with Gasteiger partial charge in [-0.25, -0.2) is 9.37 Å². The molecule has 1 aromatic heterocycles. The summed E-state index contributed by atoms with van der Waals surface area (Å²) in [7, 11) is 0. The van der Waals surface area contributed by atoms with Crippen LogP contribution in [0.1, 0.15) is 11.1 Å². The number of fused-ring (bicyclic) bond motifs is 1. The lowest BCUT2D eigenvalue weighted by Crippen LogP contribution is -2.04. The summed E-state index contributed by atoms with van der Waals surface area (Å²) in [6, 6.07) is 13.0. The molecule has 0 bridgehead atoms. The van der Waals surface area contributed by atoms with Crippen molar-refractivity contribution in [3.8, 4) is 0 Å². The molecule has 0 amide bonds. The van der Waals surface area contributed by atoms with Crippen molar-refractivity contribution in [2.75, 3.05) is 11.9 Å². The van der Waals surface area contributed by atoms with E-state index in [4.69, 9.17) is 0 Å². The smallest absolute Gasteiger partial charge is 0.183 e. The quantitative estimate of drug-likeness (QED) is 0.769. The van der Waals surface area contributed by atoms with Crippen LogP contribution in [0.5, 0.6) is 0 Å². The molecule has 3 aromatic rings. The van der Waals surface area contributed by atoms with Gasteiger partial charge in [0, 0.05) is 6.54 Å². The minimum absolute atomic E-state index is 0.182. The number of aryl methyl sites for hydroxylation is 1. The molecule has 0 aliphatic carbocycles. The molecule has 0 unspecified atom stereocenters. The summed E-state index contributed by atoms with van der Waals surface area (Å²) in [6.07, 6.45) is 0.784. The molecule has 0 aliphatic heterocycles. The van der Waals surface area contributed by atoms with Crippen molar-refractivity contribution in [1.82, 2.24) is 4.98 Å². The van der Waals surface area contributed by atoms with Crippen molar-refractivity contribution in [2.24, 2.45) is 0 Å². The van der Waals surface area contributed by atoms with Crippen LogP contribution >= 0.6 is 11.3 Å². The molecule has 1 N–H and O–H groups in total. The standard InChI is InChI=1S/C16H15FN2S/c1-11-5-6-15-14(9-11)19-16(20-15)18-8-7-12-3-2-4-13(17)10-12/h2-6,9-10H,7-8H2,1H3,(H,18,19). The highest BCUT2D eigenvalue weighted by molar-refractivity contribution is 7.22. The van der Waals surface area contributed by atoms with Crippen molar-refractivity contribution >= 4 is 26.7 Å². The van der Waals surface area contributed by atoms with Gasteiger partial charge in [-0.3, -0.25) is 0 Å². The maximum absolute atomic E-state index is 13.1. The van der Waals surface area contributed by atoms with Gasteiger partial charge < -0.3 is 5.32 Å². The number of anilines is 1. The Labute approximate surface area is 121 Å². The normalized spacial score (nSPS) is 10.9. The molecule has 2 nitrogen and oxygen atoms in total. The summed E-state index contributed by atoms with van der Waals surface area (Å²) in [4.78, 5) is 4.56. The van der Waals surface area contributed by atoms with Gasteiger partial charge in [0.05, 0.1) is 10.2 Å². The van der Waals surface area contributed by atoms with Crippen LogP contribution in [0.2, 0.25) is 0 Å². The lowest BCUT2D eigenvalue weighted by Gasteiger charge is -2.02. The van der Waals surface area contributed by atoms with E-state index >= 15 is 0 Å². The minimum Gasteiger partial charge on any atom is -0.361 e. The van der Waals surface area contributed by atoms with Crippen LogP contribution < -0.4 is 5.32 Å². The lowest BCUT2D eigenvalue weighted by molar-refractivity contribution is 0.625. The zero-order valence-electron chi connectivity index (χ0n) is 11.2. The SMILES string of the molecule is Cc1ccc2sc(NCCc3cccc(F)c3)nc2c1. The molecule has 4 heteroatoms. The molecule has 0 saturated heterocycles. The fourth-order valence-electron chi connectivity index (χ4n) is 2.12. The Hall–Kier alpha value is -1.94. The predicted molar refractivity (Wildman–Crippen MR) is 83.0 cm³/mol. The molecular weight excluding hydrogens is 271 g/mol. The number of halogens is 1. The number of nitrogens with zero attached hydrogens (tertiary/aromatic N) is 1. The first kappa shape index (κ1) is 13.1. The van der Waals surface area contributed by atoms with Crippen LogP contribution in [0.3, 0.4) is 0 Å². The van der Waals surface area contributed by atoms with E-state index in [2.05, 4.69) is 35.4 Å². The summed E-state index contributed by atoms with van der Waals surface area (Å²) in [5, 5.41) is 4.22. The first-order chi connectivity index (χ1) is 9.70. The Bertz CT molecular complexity index is 736. The average molecular weight is 286 g/mol. The summed E-state index contributed by atoms with van der Waals surface area (Å²) in [6.45, 7) is 2.82. The number of benzene rings is 2. The van der Waals surface area contributed by atoms with Crippen molar-refractivity contribution in [3.05, 3.63) is 59.4 Å². The Morgan fingerprint density at radius 3 is 2.95 bits per heavy atom. The number of hydrogen-bond acceptors (Lipinski definition) is 3. The molecule has 20 heavy (non-hydrogen) atoms. The fourth-order valence-corrected chi connectivity index (χ4v) is 2.99. The fraction of sp³-hybridized carbons (Fsp3) is 0.188. The van der Waals surface area contributed by atoms with Gasteiger partial charge in [-0.1, -0.05) is 29.5 Å². The van der Waals surface area contributed by atoms with Crippen LogP contribution in [0.25, 0.3) is 10.2 Å². The average Bonchev–Trinajstić information content (AvgIpc) is 2.80. The highest BCUT2D eigenvalue weighted by atomic mass is 32.1. The third-order valence-electron chi connectivity index (χ3n) is 3.12. The van der Waals surface area contributed by atoms with E-state index < -0.39 is 0 Å². The third kappa shape index (κ3) is 2.96. The molecule has 0 saturated carbocycles. The zero-order valence-corrected chi connectivity index (χ0v) is 12.0. The topological polar surface area (TPSA) is 24.9 Å². The van der Waals surface area contributed by atoms with Gasteiger partial charge in [-0.05, 0) is 48.7 Å². The van der Waals surface area contributed by atoms with E-state index in [1.807, 2.05) is 6.07 Å². The van der Waals surface area contributed by atoms with E-state index in [0.717, 1.165) is 29.2 Å². The highest BCUT2D eigenvalue weighted by Crippen LogP contribution is 2.26. The molecule has 0 aliphatic rings. The molecule has 102 valence electrons. The van der Waals surface area contributed by atoms with Crippen molar-refractivity contribution in [2.45, 2.75) is 13.3 Å². The summed E-state index contributed by atoms with van der Waals surface area (Å²) < 4.78 is 14.2. The van der Waals surface area contributed by atoms with Gasteiger partial charge in [-0.2, -0.15) is 0 Å². The molecule has 2 aromatic carbocycles. The first-order valence-electron chi connectivity index (χ1n) is 6.56. The van der Waals surface area contributed by atoms with E-state index in [1.165, 1.54) is 16.3 Å². The van der Waals surface area contributed by atoms with E-state index in [9.17, 15) is 4.39 Å². The van der Waals surface area contributed by atoms with E-state index in [0.29, 0.717) is 0 Å². The summed E-state index contributed by atoms with van der Waals surface area (Å²) >= 11 is 1.65. The van der Waals surface area contributed by atoms with Crippen LogP contribution in [-0.4, -0.2) is 11.5 Å². The Kier molecular flexibility index (Phi) is 3.65. The molecule has 0 fully saturated rings. The number of hydrogen-bond donors (Lipinski definition) is 1. The van der Waals surface area contributed by atoms with E-state index in [1.54, 1.807) is 23.5 Å². The molecule has 3 rings (SSSR count). The molecule has 0 radical (unpaired) electrons. The Balaban J connectivity index is 1.65. The van der Waals surface area contributed by atoms with Gasteiger partial charge in [0.25, 0.3) is 0 Å². The van der Waals surface area contributed by atoms with Crippen LogP contribution in [0.4, 0.5) is 9.52 Å². The predicted octanol–water partition coefficient (Wildman–Crippen LogP) is 4.40. The number of thiazole rings is 1. The second-order valence-electron chi connectivity index (χ2n) is 4.80. The second-order valence-corrected chi connectivity index (χ2v) is 5.83. The number of rotatable bonds is 4. The van der Waals surface area contributed by atoms with Crippen LogP contribution in [-0.2, 0) is 6.42 Å². The monoisotopic (exact) mass is 286 g/mol. The minimum atomic E-state index is -0.182. The molecule has 1 heterocycles. The van der Waals surface area contributed by atoms with Gasteiger partial charge in [0.1, 0.15) is 5.82 Å².